The van der Waals surface area contributed by atoms with Crippen LogP contribution >= 0.6 is 11.3 Å². The largest absolute Gasteiger partial charge is 0.337 e. The van der Waals surface area contributed by atoms with Crippen LogP contribution in [0, 0.1) is 25.5 Å². The smallest absolute Gasteiger partial charge is 0.186 e. The normalized spacial score (nSPS) is 11.3. The number of benzene rings is 1. The number of nitrogens with zero attached hydrogens (tertiary/aromatic N) is 1. The molecule has 1 N–H and O–H groups in total. The molecule has 0 aliphatic heterocycles. The molecule has 3 rings (SSSR count). The van der Waals surface area contributed by atoms with Gasteiger partial charge >= 0.3 is 0 Å². The number of halogens is 2. The standard InChI is InChI=1S/C13H10F2N2S/c1-6-5-10(18-7(6)2)13-16-9-4-3-8(14)11(15)12(9)17-13/h3-5H,1-2H3,(H,16,17). The van der Waals surface area contributed by atoms with Crippen LogP contribution in [-0.4, -0.2) is 9.97 Å². The van der Waals surface area contributed by atoms with Crippen molar-refractivity contribution in [1.29, 1.82) is 0 Å². The van der Waals surface area contributed by atoms with E-state index in [4.69, 9.17) is 0 Å². The highest BCUT2D eigenvalue weighted by Gasteiger charge is 2.14. The molecule has 2 aromatic heterocycles. The number of thiophene rings is 1. The Morgan fingerprint density at radius 1 is 1.22 bits per heavy atom. The maximum absolute atomic E-state index is 13.6. The maximum Gasteiger partial charge on any atom is 0.186 e. The zero-order valence-electron chi connectivity index (χ0n) is 9.84. The highest BCUT2D eigenvalue weighted by atomic mass is 32.1. The third-order valence-corrected chi connectivity index (χ3v) is 4.10. The lowest BCUT2D eigenvalue weighted by Crippen LogP contribution is -1.84. The lowest BCUT2D eigenvalue weighted by molar-refractivity contribution is 0.515. The first-order valence-corrected chi connectivity index (χ1v) is 6.29. The summed E-state index contributed by atoms with van der Waals surface area (Å²) in [6.07, 6.45) is 0. The Morgan fingerprint density at radius 3 is 2.67 bits per heavy atom. The monoisotopic (exact) mass is 264 g/mol. The van der Waals surface area contributed by atoms with Gasteiger partial charge in [-0.15, -0.1) is 11.3 Å². The molecule has 0 bridgehead atoms. The minimum Gasteiger partial charge on any atom is -0.337 e. The van der Waals surface area contributed by atoms with Crippen LogP contribution < -0.4 is 0 Å². The van der Waals surface area contributed by atoms with E-state index in [1.54, 1.807) is 11.3 Å². The van der Waals surface area contributed by atoms with Gasteiger partial charge in [0.25, 0.3) is 0 Å². The summed E-state index contributed by atoms with van der Waals surface area (Å²) in [5.74, 6) is -1.20. The summed E-state index contributed by atoms with van der Waals surface area (Å²) in [5, 5.41) is 0. The van der Waals surface area contributed by atoms with E-state index in [1.807, 2.05) is 19.9 Å². The van der Waals surface area contributed by atoms with Crippen LogP contribution in [0.15, 0.2) is 18.2 Å². The van der Waals surface area contributed by atoms with Crippen LogP contribution in [0.1, 0.15) is 10.4 Å². The predicted molar refractivity (Wildman–Crippen MR) is 68.8 cm³/mol. The lowest BCUT2D eigenvalue weighted by atomic mass is 10.3. The maximum atomic E-state index is 13.6. The number of aromatic amines is 1. The van der Waals surface area contributed by atoms with E-state index in [0.29, 0.717) is 11.3 Å². The first-order valence-electron chi connectivity index (χ1n) is 5.47. The van der Waals surface area contributed by atoms with Crippen molar-refractivity contribution in [2.75, 3.05) is 0 Å². The highest BCUT2D eigenvalue weighted by molar-refractivity contribution is 7.15. The lowest BCUT2D eigenvalue weighted by Gasteiger charge is -1.91. The van der Waals surface area contributed by atoms with Crippen LogP contribution in [0.4, 0.5) is 8.78 Å². The molecule has 0 aliphatic carbocycles. The Balaban J connectivity index is 2.22. The van der Waals surface area contributed by atoms with Gasteiger partial charge in [-0.25, -0.2) is 13.8 Å². The van der Waals surface area contributed by atoms with Gasteiger partial charge in [0.15, 0.2) is 11.6 Å². The molecule has 0 radical (unpaired) electrons. The molecule has 0 atom stereocenters. The van der Waals surface area contributed by atoms with E-state index in [0.717, 1.165) is 10.9 Å². The van der Waals surface area contributed by atoms with Gasteiger partial charge < -0.3 is 4.98 Å². The van der Waals surface area contributed by atoms with Gasteiger partial charge in [0, 0.05) is 4.88 Å². The number of imidazole rings is 1. The van der Waals surface area contributed by atoms with Gasteiger partial charge in [-0.1, -0.05) is 0 Å². The summed E-state index contributed by atoms with van der Waals surface area (Å²) < 4.78 is 26.7. The highest BCUT2D eigenvalue weighted by Crippen LogP contribution is 2.30. The number of hydrogen-bond acceptors (Lipinski definition) is 2. The van der Waals surface area contributed by atoms with Crippen LogP contribution in [0.3, 0.4) is 0 Å². The quantitative estimate of drug-likeness (QED) is 0.701. The van der Waals surface area contributed by atoms with Crippen LogP contribution in [-0.2, 0) is 0 Å². The second-order valence-corrected chi connectivity index (χ2v) is 5.45. The molecule has 0 amide bonds. The second-order valence-electron chi connectivity index (χ2n) is 4.19. The number of aryl methyl sites for hydroxylation is 2. The molecule has 92 valence electrons. The molecule has 0 unspecified atom stereocenters. The van der Waals surface area contributed by atoms with Crippen molar-refractivity contribution in [3.63, 3.8) is 0 Å². The molecular weight excluding hydrogens is 254 g/mol. The molecule has 0 fully saturated rings. The first kappa shape index (κ1) is 11.3. The summed E-state index contributed by atoms with van der Waals surface area (Å²) in [6.45, 7) is 4.03. The van der Waals surface area contributed by atoms with E-state index in [-0.39, 0.29) is 5.52 Å². The number of fused-ring (bicyclic) bond motifs is 1. The molecule has 2 heterocycles. The van der Waals surface area contributed by atoms with Crippen LogP contribution in [0.2, 0.25) is 0 Å². The van der Waals surface area contributed by atoms with Crippen LogP contribution in [0.5, 0.6) is 0 Å². The SMILES string of the molecule is Cc1cc(-c2nc3c(F)c(F)ccc3[nH]2)sc1C. The molecule has 0 spiro atoms. The average Bonchev–Trinajstić information content (AvgIpc) is 2.89. The number of hydrogen-bond donors (Lipinski definition) is 1. The zero-order chi connectivity index (χ0) is 12.9. The molecular formula is C13H10F2N2S. The van der Waals surface area contributed by atoms with Crippen molar-refractivity contribution in [3.8, 4) is 10.7 Å². The molecule has 2 nitrogen and oxygen atoms in total. The van der Waals surface area contributed by atoms with E-state index in [1.165, 1.54) is 16.5 Å². The van der Waals surface area contributed by atoms with Crippen molar-refractivity contribution in [2.24, 2.45) is 0 Å². The third kappa shape index (κ3) is 1.62. The molecule has 0 saturated heterocycles. The Bertz CT molecular complexity index is 723. The van der Waals surface area contributed by atoms with Gasteiger partial charge in [0.1, 0.15) is 11.3 Å². The Labute approximate surface area is 106 Å². The molecule has 0 aliphatic rings. The van der Waals surface area contributed by atoms with Crippen molar-refractivity contribution in [2.45, 2.75) is 13.8 Å². The minimum atomic E-state index is -0.903. The minimum absolute atomic E-state index is 0.0497. The molecule has 18 heavy (non-hydrogen) atoms. The fourth-order valence-electron chi connectivity index (χ4n) is 1.82. The van der Waals surface area contributed by atoms with E-state index in [2.05, 4.69) is 9.97 Å². The summed E-state index contributed by atoms with van der Waals surface area (Å²) in [4.78, 5) is 9.27. The van der Waals surface area contributed by atoms with Gasteiger partial charge in [-0.2, -0.15) is 0 Å². The van der Waals surface area contributed by atoms with Crippen molar-refractivity contribution in [3.05, 3.63) is 40.3 Å². The van der Waals surface area contributed by atoms with E-state index >= 15 is 0 Å². The third-order valence-electron chi connectivity index (χ3n) is 2.95. The van der Waals surface area contributed by atoms with Gasteiger partial charge in [0.05, 0.1) is 10.4 Å². The van der Waals surface area contributed by atoms with Crippen molar-refractivity contribution < 1.29 is 8.78 Å². The molecule has 3 aromatic rings. The van der Waals surface area contributed by atoms with Crippen LogP contribution in [0.25, 0.3) is 21.7 Å². The number of H-pyrrole nitrogens is 1. The summed E-state index contributed by atoms with van der Waals surface area (Å²) in [5.41, 5.74) is 1.73. The van der Waals surface area contributed by atoms with Gasteiger partial charge in [-0.05, 0) is 37.6 Å². The zero-order valence-corrected chi connectivity index (χ0v) is 10.7. The Hall–Kier alpha value is -1.75. The summed E-state index contributed by atoms with van der Waals surface area (Å²) in [7, 11) is 0. The topological polar surface area (TPSA) is 28.7 Å². The Morgan fingerprint density at radius 2 is 2.00 bits per heavy atom. The number of nitrogens with one attached hydrogen (secondary N) is 1. The van der Waals surface area contributed by atoms with Crippen molar-refractivity contribution >= 4 is 22.4 Å². The van der Waals surface area contributed by atoms with Gasteiger partial charge in [0.2, 0.25) is 0 Å². The summed E-state index contributed by atoms with van der Waals surface area (Å²) >= 11 is 1.58. The predicted octanol–water partition coefficient (Wildman–Crippen LogP) is 4.19. The molecule has 5 heteroatoms. The molecule has 0 saturated carbocycles. The van der Waals surface area contributed by atoms with Crippen molar-refractivity contribution in [1.82, 2.24) is 9.97 Å². The fourth-order valence-corrected chi connectivity index (χ4v) is 2.80. The average molecular weight is 264 g/mol. The second kappa shape index (κ2) is 3.88. The first-order chi connectivity index (χ1) is 8.56. The van der Waals surface area contributed by atoms with E-state index in [9.17, 15) is 8.78 Å². The van der Waals surface area contributed by atoms with E-state index < -0.39 is 11.6 Å². The Kier molecular flexibility index (Phi) is 2.45. The number of rotatable bonds is 1. The summed E-state index contributed by atoms with van der Waals surface area (Å²) in [6, 6.07) is 4.59. The fraction of sp³-hybridized carbons (Fsp3) is 0.154. The number of aromatic nitrogens is 2. The molecule has 1 aromatic carbocycles. The van der Waals surface area contributed by atoms with Gasteiger partial charge in [-0.3, -0.25) is 0 Å².